The van der Waals surface area contributed by atoms with E-state index in [1.165, 1.54) is 23.5 Å². The number of hydrogen-bond acceptors (Lipinski definition) is 8. The molecule has 0 saturated carbocycles. The maximum atomic E-state index is 11.4. The molecule has 2 aliphatic heterocycles. The van der Waals surface area contributed by atoms with E-state index in [-0.39, 0.29) is 25.4 Å². The van der Waals surface area contributed by atoms with Crippen molar-refractivity contribution in [3.8, 4) is 0 Å². The number of aromatic amines is 1. The van der Waals surface area contributed by atoms with Gasteiger partial charge in [0.15, 0.2) is 0 Å². The summed E-state index contributed by atoms with van der Waals surface area (Å²) in [6.45, 7) is 4.22. The first kappa shape index (κ1) is 22.5. The number of nitrogens with zero attached hydrogens (tertiary/aromatic N) is 1. The van der Waals surface area contributed by atoms with Gasteiger partial charge in [-0.1, -0.05) is 25.1 Å². The van der Waals surface area contributed by atoms with E-state index in [9.17, 15) is 18.7 Å². The van der Waals surface area contributed by atoms with Gasteiger partial charge in [-0.05, 0) is 0 Å². The zero-order valence-corrected chi connectivity index (χ0v) is 18.2. The van der Waals surface area contributed by atoms with Crippen molar-refractivity contribution >= 4 is 31.5 Å². The Labute approximate surface area is 165 Å². The quantitative estimate of drug-likeness (QED) is 0.486. The third-order valence-electron chi connectivity index (χ3n) is 3.53. The predicted molar refractivity (Wildman–Crippen MR) is 101 cm³/mol. The van der Waals surface area contributed by atoms with Crippen molar-refractivity contribution in [2.75, 3.05) is 31.9 Å². The smallest absolute Gasteiger partial charge is 0.310 e. The summed E-state index contributed by atoms with van der Waals surface area (Å²) >= 11 is 3.25. The van der Waals surface area contributed by atoms with Gasteiger partial charge in [-0.2, -0.15) is 0 Å². The summed E-state index contributed by atoms with van der Waals surface area (Å²) < 4.78 is 44.1. The highest BCUT2D eigenvalue weighted by atomic mass is 79.9. The van der Waals surface area contributed by atoms with Crippen LogP contribution in [0.3, 0.4) is 0 Å². The van der Waals surface area contributed by atoms with Crippen LogP contribution in [0.2, 0.25) is 0 Å². The summed E-state index contributed by atoms with van der Waals surface area (Å²) in [6.07, 6.45) is 1.13. The topological polar surface area (TPSA) is 126 Å². The van der Waals surface area contributed by atoms with Crippen LogP contribution in [0.4, 0.5) is 0 Å². The molecule has 0 bridgehead atoms. The van der Waals surface area contributed by atoms with E-state index in [1.807, 2.05) is 0 Å². The van der Waals surface area contributed by atoms with Gasteiger partial charge in [0.1, 0.15) is 19.4 Å². The molecule has 1 aromatic heterocycles. The summed E-state index contributed by atoms with van der Waals surface area (Å²) in [4.78, 5) is 24.4. The first-order valence-corrected chi connectivity index (χ1v) is 12.7. The Balaban J connectivity index is 0.000000223. The van der Waals surface area contributed by atoms with E-state index in [0.717, 1.165) is 5.33 Å². The Hall–Kier alpha value is -0.800. The van der Waals surface area contributed by atoms with Crippen molar-refractivity contribution in [3.05, 3.63) is 33.1 Å². The van der Waals surface area contributed by atoms with E-state index >= 15 is 0 Å². The van der Waals surface area contributed by atoms with Crippen LogP contribution in [-0.2, 0) is 34.6 Å². The summed E-state index contributed by atoms with van der Waals surface area (Å²) in [5.41, 5.74) is -0.935. The highest BCUT2D eigenvalue weighted by Crippen LogP contribution is 2.31. The van der Waals surface area contributed by atoms with Crippen molar-refractivity contribution in [2.45, 2.75) is 30.8 Å². The second kappa shape index (κ2) is 10.7. The second-order valence-electron chi connectivity index (χ2n) is 5.81. The van der Waals surface area contributed by atoms with Crippen LogP contribution < -0.4 is 11.2 Å². The van der Waals surface area contributed by atoms with E-state index in [1.54, 1.807) is 6.66 Å². The number of aromatic nitrogens is 2. The molecule has 6 unspecified atom stereocenters. The van der Waals surface area contributed by atoms with Crippen LogP contribution in [0.15, 0.2) is 21.9 Å². The lowest BCUT2D eigenvalue weighted by atomic mass is 10.4. The van der Waals surface area contributed by atoms with Gasteiger partial charge in [-0.3, -0.25) is 14.3 Å². The molecule has 3 heterocycles. The van der Waals surface area contributed by atoms with E-state index in [2.05, 4.69) is 20.9 Å². The molecule has 2 saturated heterocycles. The summed E-state index contributed by atoms with van der Waals surface area (Å²) in [7, 11) is -2.90. The molecule has 1 aromatic rings. The van der Waals surface area contributed by atoms with E-state index < -0.39 is 38.9 Å². The van der Waals surface area contributed by atoms with Crippen LogP contribution in [0, 0.1) is 0 Å². The zero-order chi connectivity index (χ0) is 20.0. The largest absolute Gasteiger partial charge is 0.398 e. The van der Waals surface area contributed by atoms with Gasteiger partial charge in [0.25, 0.3) is 5.56 Å². The Morgan fingerprint density at radius 3 is 2.11 bits per heavy atom. The molecule has 1 N–H and O–H groups in total. The Kier molecular flexibility index (Phi) is 8.88. The van der Waals surface area contributed by atoms with Crippen LogP contribution in [-0.4, -0.2) is 65.7 Å². The van der Waals surface area contributed by atoms with Gasteiger partial charge in [0.05, 0.1) is 25.9 Å². The molecule has 0 amide bonds. The number of halogens is 1. The predicted octanol–water partition coefficient (Wildman–Crippen LogP) is 1.23. The minimum atomic E-state index is -1.56. The van der Waals surface area contributed by atoms with Gasteiger partial charge in [0.2, 0.25) is 0 Å². The van der Waals surface area contributed by atoms with Crippen LogP contribution in [0.25, 0.3) is 0 Å². The lowest BCUT2D eigenvalue weighted by Crippen LogP contribution is -2.32. The molecule has 0 aliphatic carbocycles. The van der Waals surface area contributed by atoms with Gasteiger partial charge in [-0.15, -0.1) is 0 Å². The molecule has 2 fully saturated rings. The van der Waals surface area contributed by atoms with Crippen molar-refractivity contribution in [2.24, 2.45) is 0 Å². The average Bonchev–Trinajstić information content (AvgIpc) is 3.27. The monoisotopic (exact) mass is 486 g/mol. The van der Waals surface area contributed by atoms with Crippen LogP contribution >= 0.6 is 31.5 Å². The van der Waals surface area contributed by atoms with Gasteiger partial charge >= 0.3 is 33.4 Å². The number of alkyl halides is 1. The van der Waals surface area contributed by atoms with Gasteiger partial charge in [0, 0.05) is 17.6 Å². The molecule has 3 rings (SSSR count). The number of ether oxygens (including phenoxy) is 4. The molecule has 6 atom stereocenters. The molecular weight excluding hydrogens is 466 g/mol. The molecule has 2 aliphatic rings. The lowest BCUT2D eigenvalue weighted by molar-refractivity contribution is 0.00401. The van der Waals surface area contributed by atoms with Crippen molar-refractivity contribution < 1.29 is 28.1 Å². The molecule has 13 heteroatoms. The Bertz CT molecular complexity index is 785. The Morgan fingerprint density at radius 1 is 1.11 bits per heavy atom. The minimum Gasteiger partial charge on any atom is -0.310 e. The van der Waals surface area contributed by atoms with E-state index in [4.69, 9.17) is 18.9 Å². The average molecular weight is 487 g/mol. The van der Waals surface area contributed by atoms with Crippen LogP contribution in [0.5, 0.6) is 0 Å². The second-order valence-corrected chi connectivity index (χ2v) is 9.48. The van der Waals surface area contributed by atoms with Crippen molar-refractivity contribution in [1.29, 1.82) is 0 Å². The summed E-state index contributed by atoms with van der Waals surface area (Å²) in [6, 6.07) is 0.0839. The molecule has 10 nitrogen and oxygen atoms in total. The fourth-order valence-corrected chi connectivity index (χ4v) is 3.85. The minimum absolute atomic E-state index is 0.0731. The van der Waals surface area contributed by atoms with Crippen molar-refractivity contribution in [1.82, 2.24) is 9.55 Å². The SMILES string of the molecule is C[P+](=O)C1OCC(CBr)O1.C[P+](=O)C1OCC(Cn2ccc(=O)[nH]c2=O)O1. The first-order chi connectivity index (χ1) is 12.8. The molecule has 150 valence electrons. The summed E-state index contributed by atoms with van der Waals surface area (Å²) in [5.74, 6) is 0. The maximum Gasteiger partial charge on any atom is 0.398 e. The summed E-state index contributed by atoms with van der Waals surface area (Å²) in [5, 5.41) is 0.743. The first-order valence-electron chi connectivity index (χ1n) is 8.00. The van der Waals surface area contributed by atoms with E-state index in [0.29, 0.717) is 6.61 Å². The molecule has 0 aromatic carbocycles. The standard InChI is InChI=1S/C9H11N2O5P.C5H9BrO3P/c1-17(14)9-15-5-6(16-9)4-11-3-2-7(12)10-8(11)13;1-10(7)5-8-3-4(2-6)9-5/h2-3,6,9H,4-5H2,1H3;4-5H,2-3H2,1H3/q;+1/p+1. The molecule has 0 spiro atoms. The molecule has 0 radical (unpaired) electrons. The molecule has 27 heavy (non-hydrogen) atoms. The number of rotatable bonds is 5. The third kappa shape index (κ3) is 6.94. The third-order valence-corrected chi connectivity index (χ3v) is 5.98. The van der Waals surface area contributed by atoms with Crippen LogP contribution in [0.1, 0.15) is 0 Å². The zero-order valence-electron chi connectivity index (χ0n) is 14.8. The fourth-order valence-electron chi connectivity index (χ4n) is 2.23. The van der Waals surface area contributed by atoms with Gasteiger partial charge in [-0.25, -0.2) is 4.79 Å². The van der Waals surface area contributed by atoms with Crippen molar-refractivity contribution in [3.63, 3.8) is 0 Å². The van der Waals surface area contributed by atoms with Gasteiger partial charge < -0.3 is 18.9 Å². The highest BCUT2D eigenvalue weighted by Gasteiger charge is 2.37. The fraction of sp³-hybridized carbons (Fsp3) is 0.714. The maximum absolute atomic E-state index is 11.4. The Morgan fingerprint density at radius 2 is 1.67 bits per heavy atom. The normalized spacial score (nSPS) is 28.4. The number of nitrogens with one attached hydrogen (secondary N) is 1. The lowest BCUT2D eigenvalue weighted by Gasteiger charge is -2.08. The number of hydrogen-bond donors (Lipinski definition) is 1. The highest BCUT2D eigenvalue weighted by molar-refractivity contribution is 9.09. The molecular formula is C14H21BrN2O8P2+2. The number of H-pyrrole nitrogens is 1.